The Balaban J connectivity index is 1.46. The van der Waals surface area contributed by atoms with E-state index in [-0.39, 0.29) is 42.4 Å². The first-order valence-corrected chi connectivity index (χ1v) is 12.9. The standard InChI is InChI=1S/C29H33N3O6/c1-3-37-29(35)23-12-8-15-31(20-23)27(33)14-16-32(19-21-9-5-4-6-10-21)28(34)25-18-26(38-30-25)22-11-7-13-24(17-22)36-2/h4-7,9-11,13,17-18,23H,3,8,12,14-16,19-20H2,1-2H3. The van der Waals surface area contributed by atoms with Gasteiger partial charge in [0.2, 0.25) is 5.91 Å². The second-order valence-corrected chi connectivity index (χ2v) is 9.20. The second kappa shape index (κ2) is 12.9. The van der Waals surface area contributed by atoms with Gasteiger partial charge in [-0.05, 0) is 37.5 Å². The zero-order chi connectivity index (χ0) is 26.9. The summed E-state index contributed by atoms with van der Waals surface area (Å²) in [6.45, 7) is 3.55. The number of benzene rings is 2. The largest absolute Gasteiger partial charge is 0.497 e. The number of likely N-dealkylation sites (tertiary alicyclic amines) is 1. The van der Waals surface area contributed by atoms with Crippen molar-refractivity contribution in [2.24, 2.45) is 5.92 Å². The third-order valence-corrected chi connectivity index (χ3v) is 6.58. The fourth-order valence-corrected chi connectivity index (χ4v) is 4.55. The van der Waals surface area contributed by atoms with Crippen LogP contribution in [0.4, 0.5) is 0 Å². The monoisotopic (exact) mass is 519 g/mol. The van der Waals surface area contributed by atoms with Gasteiger partial charge in [0.25, 0.3) is 5.91 Å². The number of carbonyl (C=O) groups is 3. The predicted octanol–water partition coefficient (Wildman–Crippen LogP) is 4.18. The molecule has 2 amide bonds. The Morgan fingerprint density at radius 2 is 1.92 bits per heavy atom. The molecule has 0 saturated carbocycles. The van der Waals surface area contributed by atoms with Gasteiger partial charge in [-0.25, -0.2) is 0 Å². The smallest absolute Gasteiger partial charge is 0.310 e. The van der Waals surface area contributed by atoms with E-state index in [0.29, 0.717) is 44.2 Å². The molecule has 0 radical (unpaired) electrons. The molecule has 1 unspecified atom stereocenters. The minimum Gasteiger partial charge on any atom is -0.497 e. The van der Waals surface area contributed by atoms with E-state index in [1.54, 1.807) is 36.0 Å². The molecule has 0 bridgehead atoms. The summed E-state index contributed by atoms with van der Waals surface area (Å²) in [5, 5.41) is 4.02. The Morgan fingerprint density at radius 1 is 1.11 bits per heavy atom. The summed E-state index contributed by atoms with van der Waals surface area (Å²) in [6, 6.07) is 18.5. The third-order valence-electron chi connectivity index (χ3n) is 6.58. The van der Waals surface area contributed by atoms with Crippen molar-refractivity contribution in [1.29, 1.82) is 0 Å². The van der Waals surface area contributed by atoms with Crippen molar-refractivity contribution in [3.8, 4) is 17.1 Å². The first kappa shape index (κ1) is 26.9. The quantitative estimate of drug-likeness (QED) is 0.370. The SMILES string of the molecule is CCOC(=O)C1CCCN(C(=O)CCN(Cc2ccccc2)C(=O)c2cc(-c3cccc(OC)c3)on2)C1. The van der Waals surface area contributed by atoms with E-state index in [1.165, 1.54) is 0 Å². The molecule has 4 rings (SSSR count). The molecule has 0 N–H and O–H groups in total. The maximum atomic E-state index is 13.5. The fraction of sp³-hybridized carbons (Fsp3) is 0.379. The Bertz CT molecular complexity index is 1240. The number of nitrogens with zero attached hydrogens (tertiary/aromatic N) is 3. The van der Waals surface area contributed by atoms with Crippen molar-refractivity contribution in [2.75, 3.05) is 33.4 Å². The molecule has 9 heteroatoms. The van der Waals surface area contributed by atoms with E-state index in [1.807, 2.05) is 48.5 Å². The van der Waals surface area contributed by atoms with E-state index in [4.69, 9.17) is 14.0 Å². The first-order chi connectivity index (χ1) is 18.5. The number of rotatable bonds is 10. The first-order valence-electron chi connectivity index (χ1n) is 12.9. The van der Waals surface area contributed by atoms with Crippen molar-refractivity contribution in [3.05, 3.63) is 71.9 Å². The second-order valence-electron chi connectivity index (χ2n) is 9.20. The molecule has 3 aromatic rings. The van der Waals surface area contributed by atoms with Crippen LogP contribution in [0.5, 0.6) is 5.75 Å². The summed E-state index contributed by atoms with van der Waals surface area (Å²) in [5.41, 5.74) is 1.83. The van der Waals surface area contributed by atoms with Crippen molar-refractivity contribution in [3.63, 3.8) is 0 Å². The van der Waals surface area contributed by atoms with Gasteiger partial charge < -0.3 is 23.8 Å². The van der Waals surface area contributed by atoms with Crippen LogP contribution in [0.1, 0.15) is 42.2 Å². The number of ether oxygens (including phenoxy) is 2. The minimum absolute atomic E-state index is 0.0953. The van der Waals surface area contributed by atoms with E-state index in [0.717, 1.165) is 17.5 Å². The molecular weight excluding hydrogens is 486 g/mol. The van der Waals surface area contributed by atoms with Crippen molar-refractivity contribution < 1.29 is 28.4 Å². The van der Waals surface area contributed by atoms with Crippen LogP contribution in [0.25, 0.3) is 11.3 Å². The van der Waals surface area contributed by atoms with Crippen LogP contribution in [-0.4, -0.2) is 66.1 Å². The summed E-state index contributed by atoms with van der Waals surface area (Å²) in [5.74, 6) is 0.119. The van der Waals surface area contributed by atoms with Gasteiger partial charge >= 0.3 is 5.97 Å². The summed E-state index contributed by atoms with van der Waals surface area (Å²) in [6.07, 6.45) is 1.59. The predicted molar refractivity (Wildman–Crippen MR) is 140 cm³/mol. The molecular formula is C29H33N3O6. The molecule has 2 aromatic carbocycles. The number of amides is 2. The van der Waals surface area contributed by atoms with Crippen LogP contribution in [0, 0.1) is 5.92 Å². The molecule has 1 aliphatic rings. The fourth-order valence-electron chi connectivity index (χ4n) is 4.55. The highest BCUT2D eigenvalue weighted by Gasteiger charge is 2.30. The van der Waals surface area contributed by atoms with Crippen LogP contribution in [0.15, 0.2) is 65.2 Å². The van der Waals surface area contributed by atoms with Crippen molar-refractivity contribution in [1.82, 2.24) is 15.0 Å². The van der Waals surface area contributed by atoms with Crippen LogP contribution in [0.2, 0.25) is 0 Å². The van der Waals surface area contributed by atoms with Crippen molar-refractivity contribution in [2.45, 2.75) is 32.7 Å². The molecule has 1 atom stereocenters. The summed E-state index contributed by atoms with van der Waals surface area (Å²) in [4.78, 5) is 42.1. The van der Waals surface area contributed by atoms with Gasteiger partial charge in [-0.3, -0.25) is 14.4 Å². The number of esters is 1. The van der Waals surface area contributed by atoms with Gasteiger partial charge in [-0.15, -0.1) is 0 Å². The minimum atomic E-state index is -0.331. The molecule has 1 aromatic heterocycles. The molecule has 0 spiro atoms. The highest BCUT2D eigenvalue weighted by atomic mass is 16.5. The zero-order valence-electron chi connectivity index (χ0n) is 21.8. The van der Waals surface area contributed by atoms with Crippen LogP contribution >= 0.6 is 0 Å². The van der Waals surface area contributed by atoms with Crippen LogP contribution in [-0.2, 0) is 20.9 Å². The van der Waals surface area contributed by atoms with Gasteiger partial charge in [-0.1, -0.05) is 47.6 Å². The Hall–Kier alpha value is -4.14. The van der Waals surface area contributed by atoms with E-state index in [2.05, 4.69) is 5.16 Å². The van der Waals surface area contributed by atoms with Gasteiger partial charge in [0.05, 0.1) is 19.6 Å². The van der Waals surface area contributed by atoms with Crippen LogP contribution < -0.4 is 4.74 Å². The molecule has 9 nitrogen and oxygen atoms in total. The summed E-state index contributed by atoms with van der Waals surface area (Å²) in [7, 11) is 1.58. The summed E-state index contributed by atoms with van der Waals surface area (Å²) < 4.78 is 15.9. The Labute approximate surface area is 222 Å². The van der Waals surface area contributed by atoms with Gasteiger partial charge in [0.1, 0.15) is 5.75 Å². The van der Waals surface area contributed by atoms with E-state index in [9.17, 15) is 14.4 Å². The lowest BCUT2D eigenvalue weighted by atomic mass is 9.98. The topological polar surface area (TPSA) is 102 Å². The molecule has 200 valence electrons. The number of hydrogen-bond donors (Lipinski definition) is 0. The average molecular weight is 520 g/mol. The summed E-state index contributed by atoms with van der Waals surface area (Å²) >= 11 is 0. The average Bonchev–Trinajstić information content (AvgIpc) is 3.46. The third kappa shape index (κ3) is 6.79. The van der Waals surface area contributed by atoms with E-state index >= 15 is 0 Å². The molecule has 0 aliphatic carbocycles. The highest BCUT2D eigenvalue weighted by Crippen LogP contribution is 2.25. The Morgan fingerprint density at radius 3 is 2.68 bits per heavy atom. The number of hydrogen-bond acceptors (Lipinski definition) is 7. The normalized spacial score (nSPS) is 15.1. The molecule has 1 saturated heterocycles. The van der Waals surface area contributed by atoms with Crippen LogP contribution in [0.3, 0.4) is 0 Å². The highest BCUT2D eigenvalue weighted by molar-refractivity contribution is 5.93. The zero-order valence-corrected chi connectivity index (χ0v) is 21.8. The lowest BCUT2D eigenvalue weighted by molar-refractivity contribution is -0.151. The number of methoxy groups -OCH3 is 1. The molecule has 38 heavy (non-hydrogen) atoms. The lowest BCUT2D eigenvalue weighted by Crippen LogP contribution is -2.44. The molecule has 1 fully saturated rings. The lowest BCUT2D eigenvalue weighted by Gasteiger charge is -2.32. The Kier molecular flexibility index (Phi) is 9.13. The van der Waals surface area contributed by atoms with E-state index < -0.39 is 0 Å². The molecule has 1 aliphatic heterocycles. The number of carbonyl (C=O) groups excluding carboxylic acids is 3. The van der Waals surface area contributed by atoms with Gasteiger partial charge in [0.15, 0.2) is 11.5 Å². The maximum absolute atomic E-state index is 13.5. The van der Waals surface area contributed by atoms with Gasteiger partial charge in [0, 0.05) is 44.2 Å². The number of piperidine rings is 1. The van der Waals surface area contributed by atoms with Crippen molar-refractivity contribution >= 4 is 17.8 Å². The van der Waals surface area contributed by atoms with Gasteiger partial charge in [-0.2, -0.15) is 0 Å². The maximum Gasteiger partial charge on any atom is 0.310 e. The molecule has 2 heterocycles. The number of aromatic nitrogens is 1.